The van der Waals surface area contributed by atoms with Crippen molar-refractivity contribution in [1.29, 1.82) is 0 Å². The summed E-state index contributed by atoms with van der Waals surface area (Å²) in [6.45, 7) is 2.71. The van der Waals surface area contributed by atoms with Crippen LogP contribution in [0.5, 0.6) is 5.75 Å². The number of benzene rings is 1. The van der Waals surface area contributed by atoms with E-state index in [0.717, 1.165) is 37.8 Å². The Labute approximate surface area is 123 Å². The standard InChI is InChI=1S/C16H22F3NO/c1-2-11-3-4-12(10-20)15(9-11)21-14-7-5-13(6-8-14)16(17,18)19/h5-8,11-12,15H,2-4,9-10,20H2,1H3. The van der Waals surface area contributed by atoms with E-state index in [0.29, 0.717) is 18.2 Å². The molecule has 0 amide bonds. The molecule has 3 atom stereocenters. The quantitative estimate of drug-likeness (QED) is 0.903. The van der Waals surface area contributed by atoms with Gasteiger partial charge in [-0.1, -0.05) is 13.3 Å². The van der Waals surface area contributed by atoms with Crippen molar-refractivity contribution in [1.82, 2.24) is 0 Å². The van der Waals surface area contributed by atoms with E-state index in [-0.39, 0.29) is 12.0 Å². The lowest BCUT2D eigenvalue weighted by molar-refractivity contribution is -0.137. The zero-order valence-corrected chi connectivity index (χ0v) is 12.2. The van der Waals surface area contributed by atoms with Crippen LogP contribution in [-0.4, -0.2) is 12.6 Å². The molecule has 21 heavy (non-hydrogen) atoms. The number of rotatable bonds is 4. The highest BCUT2D eigenvalue weighted by atomic mass is 19.4. The molecule has 1 aliphatic rings. The Morgan fingerprint density at radius 2 is 1.86 bits per heavy atom. The normalized spacial score (nSPS) is 26.6. The smallest absolute Gasteiger partial charge is 0.416 e. The Hall–Kier alpha value is -1.23. The van der Waals surface area contributed by atoms with Crippen molar-refractivity contribution < 1.29 is 17.9 Å². The molecule has 5 heteroatoms. The highest BCUT2D eigenvalue weighted by Crippen LogP contribution is 2.34. The predicted octanol–water partition coefficient (Wildman–Crippen LogP) is 4.24. The number of hydrogen-bond donors (Lipinski definition) is 1. The molecule has 0 aromatic heterocycles. The third kappa shape index (κ3) is 4.13. The molecule has 1 saturated carbocycles. The van der Waals surface area contributed by atoms with Crippen molar-refractivity contribution in [2.75, 3.05) is 6.54 Å². The first-order valence-electron chi connectivity index (χ1n) is 7.48. The van der Waals surface area contributed by atoms with Crippen LogP contribution in [0.15, 0.2) is 24.3 Å². The van der Waals surface area contributed by atoms with Gasteiger partial charge in [-0.25, -0.2) is 0 Å². The summed E-state index contributed by atoms with van der Waals surface area (Å²) in [5.41, 5.74) is 5.13. The number of alkyl halides is 3. The maximum absolute atomic E-state index is 12.5. The Bertz CT molecular complexity index is 444. The summed E-state index contributed by atoms with van der Waals surface area (Å²) in [6.07, 6.45) is -0.0867. The molecule has 2 nitrogen and oxygen atoms in total. The third-order valence-corrected chi connectivity index (χ3v) is 4.39. The van der Waals surface area contributed by atoms with Gasteiger partial charge in [0.25, 0.3) is 0 Å². The summed E-state index contributed by atoms with van der Waals surface area (Å²) in [7, 11) is 0. The Morgan fingerprint density at radius 3 is 2.38 bits per heavy atom. The lowest BCUT2D eigenvalue weighted by Gasteiger charge is -2.35. The molecule has 3 unspecified atom stereocenters. The van der Waals surface area contributed by atoms with Crippen LogP contribution in [0.4, 0.5) is 13.2 Å². The van der Waals surface area contributed by atoms with Crippen molar-refractivity contribution in [3.8, 4) is 5.75 Å². The van der Waals surface area contributed by atoms with E-state index in [1.165, 1.54) is 12.1 Å². The van der Waals surface area contributed by atoms with Crippen molar-refractivity contribution in [3.05, 3.63) is 29.8 Å². The van der Waals surface area contributed by atoms with Crippen molar-refractivity contribution in [2.24, 2.45) is 17.6 Å². The van der Waals surface area contributed by atoms with Crippen molar-refractivity contribution in [3.63, 3.8) is 0 Å². The van der Waals surface area contributed by atoms with Crippen molar-refractivity contribution in [2.45, 2.75) is 44.9 Å². The van der Waals surface area contributed by atoms with Crippen LogP contribution in [-0.2, 0) is 6.18 Å². The summed E-state index contributed by atoms with van der Waals surface area (Å²) in [4.78, 5) is 0. The van der Waals surface area contributed by atoms with E-state index < -0.39 is 11.7 Å². The topological polar surface area (TPSA) is 35.2 Å². The Morgan fingerprint density at radius 1 is 1.19 bits per heavy atom. The maximum Gasteiger partial charge on any atom is 0.416 e. The second kappa shape index (κ2) is 6.69. The van der Waals surface area contributed by atoms with Gasteiger partial charge in [-0.2, -0.15) is 13.2 Å². The van der Waals surface area contributed by atoms with Gasteiger partial charge in [0.05, 0.1) is 5.56 Å². The minimum atomic E-state index is -4.31. The minimum absolute atomic E-state index is 0.00503. The van der Waals surface area contributed by atoms with E-state index in [9.17, 15) is 13.2 Å². The van der Waals surface area contributed by atoms with Gasteiger partial charge < -0.3 is 10.5 Å². The molecule has 0 bridgehead atoms. The molecule has 1 aromatic rings. The predicted molar refractivity (Wildman–Crippen MR) is 76.0 cm³/mol. The first-order chi connectivity index (χ1) is 9.94. The van der Waals surface area contributed by atoms with Crippen LogP contribution in [0.25, 0.3) is 0 Å². The molecule has 1 aliphatic carbocycles. The lowest BCUT2D eigenvalue weighted by Crippen LogP contribution is -2.38. The van der Waals surface area contributed by atoms with Gasteiger partial charge in [-0.05, 0) is 56.0 Å². The fourth-order valence-corrected chi connectivity index (χ4v) is 2.96. The van der Waals surface area contributed by atoms with Crippen molar-refractivity contribution >= 4 is 0 Å². The first kappa shape index (κ1) is 16.1. The molecule has 0 saturated heterocycles. The second-order valence-electron chi connectivity index (χ2n) is 5.76. The van der Waals surface area contributed by atoms with Crippen LogP contribution < -0.4 is 10.5 Å². The van der Waals surface area contributed by atoms with Crippen LogP contribution >= 0.6 is 0 Å². The highest BCUT2D eigenvalue weighted by Gasteiger charge is 2.32. The molecule has 0 heterocycles. The molecule has 1 aromatic carbocycles. The molecule has 0 radical (unpaired) electrons. The van der Waals surface area contributed by atoms with Crippen LogP contribution in [0.1, 0.15) is 38.2 Å². The SMILES string of the molecule is CCC1CCC(CN)C(Oc2ccc(C(F)(F)F)cc2)C1. The van der Waals surface area contributed by atoms with Gasteiger partial charge >= 0.3 is 6.18 Å². The van der Waals surface area contributed by atoms with Gasteiger partial charge in [0.15, 0.2) is 0 Å². The molecular formula is C16H22F3NO. The number of ether oxygens (including phenoxy) is 1. The molecular weight excluding hydrogens is 279 g/mol. The summed E-state index contributed by atoms with van der Waals surface area (Å²) < 4.78 is 43.5. The van der Waals surface area contributed by atoms with Gasteiger partial charge in [0.1, 0.15) is 11.9 Å². The lowest BCUT2D eigenvalue weighted by atomic mass is 9.78. The largest absolute Gasteiger partial charge is 0.490 e. The Balaban J connectivity index is 2.05. The molecule has 0 aliphatic heterocycles. The molecule has 2 rings (SSSR count). The molecule has 0 spiro atoms. The van der Waals surface area contributed by atoms with E-state index in [1.807, 2.05) is 0 Å². The van der Waals surface area contributed by atoms with Crippen LogP contribution in [0, 0.1) is 11.8 Å². The monoisotopic (exact) mass is 301 g/mol. The number of hydrogen-bond acceptors (Lipinski definition) is 2. The van der Waals surface area contributed by atoms with E-state index in [4.69, 9.17) is 10.5 Å². The summed E-state index contributed by atoms with van der Waals surface area (Å²) in [5, 5.41) is 0. The maximum atomic E-state index is 12.5. The van der Waals surface area contributed by atoms with E-state index >= 15 is 0 Å². The molecule has 1 fully saturated rings. The van der Waals surface area contributed by atoms with E-state index in [2.05, 4.69) is 6.92 Å². The molecule has 2 N–H and O–H groups in total. The second-order valence-corrected chi connectivity index (χ2v) is 5.76. The van der Waals surface area contributed by atoms with Crippen LogP contribution in [0.2, 0.25) is 0 Å². The zero-order valence-electron chi connectivity index (χ0n) is 12.2. The number of halogens is 3. The van der Waals surface area contributed by atoms with E-state index in [1.54, 1.807) is 0 Å². The average molecular weight is 301 g/mol. The zero-order chi connectivity index (χ0) is 15.5. The van der Waals surface area contributed by atoms with Crippen LogP contribution in [0.3, 0.4) is 0 Å². The Kier molecular flexibility index (Phi) is 5.14. The number of nitrogens with two attached hydrogens (primary N) is 1. The average Bonchev–Trinajstić information content (AvgIpc) is 2.46. The molecule has 118 valence electrons. The minimum Gasteiger partial charge on any atom is -0.490 e. The fourth-order valence-electron chi connectivity index (χ4n) is 2.96. The fraction of sp³-hybridized carbons (Fsp3) is 0.625. The van der Waals surface area contributed by atoms with Gasteiger partial charge in [-0.15, -0.1) is 0 Å². The summed E-state index contributed by atoms with van der Waals surface area (Å²) in [6, 6.07) is 4.91. The summed E-state index contributed by atoms with van der Waals surface area (Å²) >= 11 is 0. The highest BCUT2D eigenvalue weighted by molar-refractivity contribution is 5.29. The van der Waals surface area contributed by atoms with Gasteiger partial charge in [-0.3, -0.25) is 0 Å². The van der Waals surface area contributed by atoms with Gasteiger partial charge in [0.2, 0.25) is 0 Å². The first-order valence-corrected chi connectivity index (χ1v) is 7.48. The van der Waals surface area contributed by atoms with Gasteiger partial charge in [0, 0.05) is 5.92 Å². The summed E-state index contributed by atoms with van der Waals surface area (Å²) in [5.74, 6) is 1.39. The third-order valence-electron chi connectivity index (χ3n) is 4.39.